The van der Waals surface area contributed by atoms with E-state index in [9.17, 15) is 9.59 Å². The zero-order chi connectivity index (χ0) is 30.0. The molecule has 0 saturated carbocycles. The number of nitrogens with one attached hydrogen (secondary N) is 2. The van der Waals surface area contributed by atoms with Crippen LogP contribution in [0.4, 0.5) is 21.3 Å². The van der Waals surface area contributed by atoms with Gasteiger partial charge in [0.15, 0.2) is 5.13 Å². The van der Waals surface area contributed by atoms with Gasteiger partial charge in [0.25, 0.3) is 0 Å². The number of amides is 3. The molecule has 3 amide bonds. The Morgan fingerprint density at radius 1 is 0.886 bits per heavy atom. The highest BCUT2D eigenvalue weighted by molar-refractivity contribution is 8.00. The highest BCUT2D eigenvalue weighted by Gasteiger charge is 2.36. The fourth-order valence-corrected chi connectivity index (χ4v) is 8.66. The van der Waals surface area contributed by atoms with Crippen molar-refractivity contribution in [3.05, 3.63) is 132 Å². The number of aryl methyl sites for hydroxylation is 1. The molecule has 0 spiro atoms. The van der Waals surface area contributed by atoms with Crippen molar-refractivity contribution >= 4 is 73.5 Å². The van der Waals surface area contributed by atoms with Gasteiger partial charge in [0.2, 0.25) is 5.91 Å². The Kier molecular flexibility index (Phi) is 7.99. The molecule has 1 aliphatic heterocycles. The van der Waals surface area contributed by atoms with Gasteiger partial charge in [0, 0.05) is 15.5 Å². The van der Waals surface area contributed by atoms with Crippen molar-refractivity contribution < 1.29 is 9.59 Å². The molecule has 0 bridgehead atoms. The molecule has 2 heterocycles. The van der Waals surface area contributed by atoms with Crippen LogP contribution in [0.15, 0.2) is 131 Å². The molecular formula is C35H28N4O2S3. The lowest BCUT2D eigenvalue weighted by molar-refractivity contribution is -0.115. The Morgan fingerprint density at radius 2 is 1.70 bits per heavy atom. The van der Waals surface area contributed by atoms with Crippen LogP contribution >= 0.6 is 34.9 Å². The van der Waals surface area contributed by atoms with Gasteiger partial charge in [0.1, 0.15) is 5.25 Å². The summed E-state index contributed by atoms with van der Waals surface area (Å²) in [5.74, 6) is -0.156. The number of nitrogens with zero attached hydrogens (tertiary/aromatic N) is 2. The smallest absolute Gasteiger partial charge is 0.307 e. The van der Waals surface area contributed by atoms with Crippen molar-refractivity contribution in [2.75, 3.05) is 15.5 Å². The number of benzene rings is 4. The second-order valence-corrected chi connectivity index (χ2v) is 14.0. The van der Waals surface area contributed by atoms with Crippen molar-refractivity contribution in [2.24, 2.45) is 0 Å². The summed E-state index contributed by atoms with van der Waals surface area (Å²) in [7, 11) is 0. The number of carbonyl (C=O) groups excluding carboxylic acids is 2. The zero-order valence-electron chi connectivity index (χ0n) is 23.7. The van der Waals surface area contributed by atoms with E-state index in [1.165, 1.54) is 23.1 Å². The molecule has 2 aliphatic rings. The standard InChI is InChI=1S/C35H28N4O2S3/c1-22-18-19-26-31(20-22)44-34(37-26)38-33(40)32(23-10-3-2-4-11-23)42-25-13-9-12-24(21-25)36-35(41)39-27-14-5-7-16-29(27)43-30-17-8-6-15-28(30)39/h2-21,27,29,32H,1H3,(H,36,41)(H,37,38,40). The van der Waals surface area contributed by atoms with Crippen molar-refractivity contribution in [1.29, 1.82) is 0 Å². The topological polar surface area (TPSA) is 74.3 Å². The molecule has 3 atom stereocenters. The van der Waals surface area contributed by atoms with Gasteiger partial charge in [-0.15, -0.1) is 23.5 Å². The first-order chi connectivity index (χ1) is 21.5. The molecule has 0 fully saturated rings. The van der Waals surface area contributed by atoms with Crippen LogP contribution in [0.2, 0.25) is 0 Å². The maximum atomic E-state index is 13.8. The lowest BCUT2D eigenvalue weighted by Gasteiger charge is -2.40. The van der Waals surface area contributed by atoms with Crippen LogP contribution < -0.4 is 15.5 Å². The van der Waals surface area contributed by atoms with Gasteiger partial charge in [-0.05, 0) is 60.5 Å². The van der Waals surface area contributed by atoms with E-state index >= 15 is 0 Å². The number of thioether (sulfide) groups is 2. The van der Waals surface area contributed by atoms with Gasteiger partial charge in [-0.1, -0.05) is 90.2 Å². The average Bonchev–Trinajstić information content (AvgIpc) is 3.44. The van der Waals surface area contributed by atoms with E-state index in [0.717, 1.165) is 36.8 Å². The van der Waals surface area contributed by atoms with Gasteiger partial charge in [-0.2, -0.15) is 0 Å². The monoisotopic (exact) mass is 632 g/mol. The molecule has 218 valence electrons. The quantitative estimate of drug-likeness (QED) is 0.183. The molecule has 7 rings (SSSR count). The van der Waals surface area contributed by atoms with Gasteiger partial charge in [-0.25, -0.2) is 9.78 Å². The van der Waals surface area contributed by atoms with E-state index in [2.05, 4.69) is 39.9 Å². The van der Waals surface area contributed by atoms with Gasteiger partial charge in [0.05, 0.1) is 27.2 Å². The number of anilines is 3. The molecule has 4 aromatic carbocycles. The molecule has 0 saturated heterocycles. The van der Waals surface area contributed by atoms with Crippen molar-refractivity contribution in [3.8, 4) is 0 Å². The third-order valence-corrected chi connectivity index (χ3v) is 10.9. The second-order valence-electron chi connectivity index (χ2n) is 10.5. The largest absolute Gasteiger partial charge is 0.326 e. The van der Waals surface area contributed by atoms with Gasteiger partial charge in [-0.3, -0.25) is 9.69 Å². The minimum atomic E-state index is -0.526. The fraction of sp³-hybridized carbons (Fsp3) is 0.114. The maximum absolute atomic E-state index is 13.8. The minimum absolute atomic E-state index is 0.0879. The Morgan fingerprint density at radius 3 is 2.59 bits per heavy atom. The predicted molar refractivity (Wildman–Crippen MR) is 184 cm³/mol. The van der Waals surface area contributed by atoms with Crippen LogP contribution in [0.5, 0.6) is 0 Å². The van der Waals surface area contributed by atoms with Gasteiger partial charge >= 0.3 is 6.03 Å². The number of hydrogen-bond acceptors (Lipinski definition) is 6. The lowest BCUT2D eigenvalue weighted by atomic mass is 10.1. The number of urea groups is 1. The number of fused-ring (bicyclic) bond motifs is 3. The first-order valence-electron chi connectivity index (χ1n) is 14.2. The fourth-order valence-electron chi connectivity index (χ4n) is 5.35. The molecular weight excluding hydrogens is 605 g/mol. The molecule has 5 aromatic rings. The number of thiazole rings is 1. The normalized spacial score (nSPS) is 17.5. The Hall–Kier alpha value is -4.31. The molecule has 44 heavy (non-hydrogen) atoms. The molecule has 2 N–H and O–H groups in total. The van der Waals surface area contributed by atoms with Crippen LogP contribution in [0, 0.1) is 6.92 Å². The highest BCUT2D eigenvalue weighted by atomic mass is 32.2. The summed E-state index contributed by atoms with van der Waals surface area (Å²) in [5, 5.41) is 6.37. The van der Waals surface area contributed by atoms with E-state index in [-0.39, 0.29) is 23.2 Å². The van der Waals surface area contributed by atoms with Crippen LogP contribution in [-0.2, 0) is 4.79 Å². The van der Waals surface area contributed by atoms with Crippen LogP contribution in [-0.4, -0.2) is 28.2 Å². The number of allylic oxidation sites excluding steroid dienone is 2. The van der Waals surface area contributed by atoms with E-state index in [1.54, 1.807) is 11.8 Å². The summed E-state index contributed by atoms with van der Waals surface area (Å²) < 4.78 is 1.04. The van der Waals surface area contributed by atoms with E-state index in [0.29, 0.717) is 10.8 Å². The van der Waals surface area contributed by atoms with E-state index < -0.39 is 5.25 Å². The first kappa shape index (κ1) is 28.5. The predicted octanol–water partition coefficient (Wildman–Crippen LogP) is 9.08. The summed E-state index contributed by atoms with van der Waals surface area (Å²) in [6, 6.07) is 31.2. The van der Waals surface area contributed by atoms with Crippen LogP contribution in [0.1, 0.15) is 16.4 Å². The van der Waals surface area contributed by atoms with E-state index in [4.69, 9.17) is 0 Å². The molecule has 1 aliphatic carbocycles. The molecule has 9 heteroatoms. The molecule has 1 aromatic heterocycles. The number of para-hydroxylation sites is 1. The maximum Gasteiger partial charge on any atom is 0.326 e. The highest BCUT2D eigenvalue weighted by Crippen LogP contribution is 2.44. The lowest BCUT2D eigenvalue weighted by Crippen LogP contribution is -2.49. The van der Waals surface area contributed by atoms with Crippen LogP contribution in [0.3, 0.4) is 0 Å². The second kappa shape index (κ2) is 12.4. The number of aromatic nitrogens is 1. The van der Waals surface area contributed by atoms with Crippen molar-refractivity contribution in [3.63, 3.8) is 0 Å². The summed E-state index contributed by atoms with van der Waals surface area (Å²) in [5.41, 5.74) is 4.46. The SMILES string of the molecule is Cc1ccc2nc(NC(=O)C(Sc3cccc(NC(=O)N4c5ccccc5SC5C=CC=CC54)c3)c3ccccc3)sc2c1. The van der Waals surface area contributed by atoms with Crippen molar-refractivity contribution in [1.82, 2.24) is 4.98 Å². The number of hydrogen-bond donors (Lipinski definition) is 2. The van der Waals surface area contributed by atoms with E-state index in [1.807, 2.05) is 109 Å². The first-order valence-corrected chi connectivity index (χ1v) is 16.8. The molecule has 6 nitrogen and oxygen atoms in total. The minimum Gasteiger partial charge on any atom is -0.307 e. The van der Waals surface area contributed by atoms with Crippen LogP contribution in [0.25, 0.3) is 10.2 Å². The Balaban J connectivity index is 1.12. The zero-order valence-corrected chi connectivity index (χ0v) is 26.2. The molecule has 3 unspecified atom stereocenters. The van der Waals surface area contributed by atoms with Crippen molar-refractivity contribution in [2.45, 2.75) is 33.3 Å². The number of carbonyl (C=O) groups is 2. The summed E-state index contributed by atoms with van der Waals surface area (Å²) in [4.78, 5) is 36.0. The number of rotatable bonds is 6. The molecule has 0 radical (unpaired) electrons. The average molecular weight is 633 g/mol. The third kappa shape index (κ3) is 5.91. The van der Waals surface area contributed by atoms with Gasteiger partial charge < -0.3 is 10.6 Å². The summed E-state index contributed by atoms with van der Waals surface area (Å²) in [6.45, 7) is 2.04. The summed E-state index contributed by atoms with van der Waals surface area (Å²) >= 11 is 4.68. The Labute approximate surface area is 268 Å². The Bertz CT molecular complexity index is 1920. The third-order valence-electron chi connectivity index (χ3n) is 7.42. The summed E-state index contributed by atoms with van der Waals surface area (Å²) in [6.07, 6.45) is 8.26.